The zero-order chi connectivity index (χ0) is 17.9. The number of amides is 1. The number of ether oxygens (including phenoxy) is 1. The maximum atomic E-state index is 12.6. The van der Waals surface area contributed by atoms with Crippen LogP contribution in [0.1, 0.15) is 32.0 Å². The van der Waals surface area contributed by atoms with Gasteiger partial charge in [-0.2, -0.15) is 0 Å². The smallest absolute Gasteiger partial charge is 0.224 e. The summed E-state index contributed by atoms with van der Waals surface area (Å²) >= 11 is 0. The van der Waals surface area contributed by atoms with Crippen LogP contribution in [-0.4, -0.2) is 39.6 Å². The van der Waals surface area contributed by atoms with Crippen molar-refractivity contribution in [2.75, 3.05) is 13.1 Å². The maximum Gasteiger partial charge on any atom is 0.224 e. The molecule has 1 saturated heterocycles. The monoisotopic (exact) mass is 353 g/mol. The van der Waals surface area contributed by atoms with Gasteiger partial charge in [0.05, 0.1) is 6.10 Å². The van der Waals surface area contributed by atoms with Crippen molar-refractivity contribution in [3.05, 3.63) is 48.5 Å². The molecule has 1 amide bonds. The maximum absolute atomic E-state index is 12.6. The predicted molar refractivity (Wildman–Crippen MR) is 99.9 cm³/mol. The first-order valence-corrected chi connectivity index (χ1v) is 9.72. The summed E-state index contributed by atoms with van der Waals surface area (Å²) in [5.74, 6) is 3.46. The second-order valence-electron chi connectivity index (χ2n) is 7.48. The van der Waals surface area contributed by atoms with Crippen molar-refractivity contribution in [2.24, 2.45) is 11.8 Å². The minimum absolute atomic E-state index is 0.274. The Labute approximate surface area is 155 Å². The highest BCUT2D eigenvalue weighted by Gasteiger charge is 2.43. The van der Waals surface area contributed by atoms with Crippen LogP contribution in [0.4, 0.5) is 0 Å². The molecule has 0 N–H and O–H groups in total. The molecule has 2 heterocycles. The average Bonchev–Trinajstić information content (AvgIpc) is 3.34. The van der Waals surface area contributed by atoms with Crippen molar-refractivity contribution in [3.8, 4) is 5.75 Å². The van der Waals surface area contributed by atoms with Gasteiger partial charge in [0.25, 0.3) is 0 Å². The fraction of sp³-hybridized carbons (Fsp3) is 0.524. The van der Waals surface area contributed by atoms with E-state index >= 15 is 0 Å². The Bertz CT molecular complexity index is 729. The fourth-order valence-electron chi connectivity index (χ4n) is 4.47. The molecule has 1 aromatic carbocycles. The van der Waals surface area contributed by atoms with E-state index in [4.69, 9.17) is 4.74 Å². The van der Waals surface area contributed by atoms with Crippen LogP contribution in [0.3, 0.4) is 0 Å². The van der Waals surface area contributed by atoms with Crippen molar-refractivity contribution in [2.45, 2.75) is 45.3 Å². The van der Waals surface area contributed by atoms with Gasteiger partial charge < -0.3 is 14.2 Å². The topological polar surface area (TPSA) is 47.4 Å². The Hall–Kier alpha value is -2.30. The van der Waals surface area contributed by atoms with Crippen LogP contribution >= 0.6 is 0 Å². The van der Waals surface area contributed by atoms with Crippen molar-refractivity contribution < 1.29 is 9.53 Å². The quantitative estimate of drug-likeness (QED) is 0.801. The van der Waals surface area contributed by atoms with Crippen LogP contribution in [0.5, 0.6) is 5.75 Å². The Kier molecular flexibility index (Phi) is 4.96. The number of hydrogen-bond donors (Lipinski definition) is 0. The number of imidazole rings is 1. The number of aromatic nitrogens is 2. The number of hydrogen-bond acceptors (Lipinski definition) is 3. The number of benzene rings is 1. The largest absolute Gasteiger partial charge is 0.490 e. The van der Waals surface area contributed by atoms with E-state index in [0.29, 0.717) is 24.4 Å². The number of carbonyl (C=O) groups excluding carboxylic acids is 1. The molecule has 0 bridgehead atoms. The molecule has 2 fully saturated rings. The number of para-hydroxylation sites is 1. The van der Waals surface area contributed by atoms with E-state index in [9.17, 15) is 4.79 Å². The van der Waals surface area contributed by atoms with Crippen LogP contribution < -0.4 is 4.74 Å². The van der Waals surface area contributed by atoms with Crippen molar-refractivity contribution >= 4 is 5.91 Å². The minimum atomic E-state index is 0.274. The summed E-state index contributed by atoms with van der Waals surface area (Å²) in [5, 5.41) is 0. The van der Waals surface area contributed by atoms with E-state index in [0.717, 1.165) is 50.5 Å². The van der Waals surface area contributed by atoms with Crippen LogP contribution in [-0.2, 0) is 17.8 Å². The van der Waals surface area contributed by atoms with Crippen molar-refractivity contribution in [1.29, 1.82) is 0 Å². The number of likely N-dealkylation sites (tertiary alicyclic amines) is 1. The lowest BCUT2D eigenvalue weighted by molar-refractivity contribution is -0.130. The molecule has 0 spiro atoms. The highest BCUT2D eigenvalue weighted by Crippen LogP contribution is 2.39. The van der Waals surface area contributed by atoms with Crippen molar-refractivity contribution in [3.63, 3.8) is 0 Å². The molecule has 5 heteroatoms. The highest BCUT2D eigenvalue weighted by atomic mass is 16.5. The second kappa shape index (κ2) is 7.52. The average molecular weight is 353 g/mol. The molecule has 1 aliphatic heterocycles. The lowest BCUT2D eigenvalue weighted by Crippen LogP contribution is -2.31. The van der Waals surface area contributed by atoms with Gasteiger partial charge >= 0.3 is 0 Å². The predicted octanol–water partition coefficient (Wildman–Crippen LogP) is 3.15. The molecule has 2 aliphatic rings. The third kappa shape index (κ3) is 3.62. The zero-order valence-electron chi connectivity index (χ0n) is 15.4. The Balaban J connectivity index is 1.26. The molecule has 4 rings (SSSR count). The van der Waals surface area contributed by atoms with Gasteiger partial charge in [0, 0.05) is 44.9 Å². The molecule has 1 aliphatic carbocycles. The van der Waals surface area contributed by atoms with Gasteiger partial charge in [0.2, 0.25) is 5.91 Å². The molecule has 5 nitrogen and oxygen atoms in total. The third-order valence-electron chi connectivity index (χ3n) is 5.79. The summed E-state index contributed by atoms with van der Waals surface area (Å²) in [6, 6.07) is 10.1. The first kappa shape index (κ1) is 17.1. The SMILES string of the molecule is CCc1nccn1CCC(=O)N1C[C@H]2CC(Oc3ccccc3)C[C@H]2C1. The normalized spacial score (nSPS) is 24.7. The third-order valence-corrected chi connectivity index (χ3v) is 5.79. The molecule has 2 aromatic rings. The lowest BCUT2D eigenvalue weighted by atomic mass is 10.0. The van der Waals surface area contributed by atoms with E-state index in [1.807, 2.05) is 42.7 Å². The summed E-state index contributed by atoms with van der Waals surface area (Å²) in [4.78, 5) is 19.0. The first-order chi connectivity index (χ1) is 12.7. The van der Waals surface area contributed by atoms with Gasteiger partial charge in [-0.1, -0.05) is 25.1 Å². The molecule has 1 unspecified atom stereocenters. The van der Waals surface area contributed by atoms with Crippen LogP contribution in [0.15, 0.2) is 42.7 Å². The zero-order valence-corrected chi connectivity index (χ0v) is 15.4. The van der Waals surface area contributed by atoms with E-state index in [1.165, 1.54) is 0 Å². The number of rotatable bonds is 6. The van der Waals surface area contributed by atoms with Crippen molar-refractivity contribution in [1.82, 2.24) is 14.5 Å². The van der Waals surface area contributed by atoms with Crippen LogP contribution in [0, 0.1) is 11.8 Å². The Morgan fingerprint density at radius 1 is 1.19 bits per heavy atom. The van der Waals surface area contributed by atoms with E-state index in [-0.39, 0.29) is 5.91 Å². The number of nitrogens with zero attached hydrogens (tertiary/aromatic N) is 3. The Morgan fingerprint density at radius 3 is 2.62 bits per heavy atom. The molecule has 1 saturated carbocycles. The number of aryl methyl sites for hydroxylation is 2. The summed E-state index contributed by atoms with van der Waals surface area (Å²) < 4.78 is 8.21. The summed E-state index contributed by atoms with van der Waals surface area (Å²) in [7, 11) is 0. The molecule has 0 radical (unpaired) electrons. The molecular weight excluding hydrogens is 326 g/mol. The summed E-state index contributed by atoms with van der Waals surface area (Å²) in [6.45, 7) is 4.61. The number of carbonyl (C=O) groups is 1. The summed E-state index contributed by atoms with van der Waals surface area (Å²) in [6.07, 6.45) is 7.66. The first-order valence-electron chi connectivity index (χ1n) is 9.72. The van der Waals surface area contributed by atoms with Gasteiger partial charge in [-0.05, 0) is 36.8 Å². The molecule has 1 aromatic heterocycles. The minimum Gasteiger partial charge on any atom is -0.490 e. The van der Waals surface area contributed by atoms with Gasteiger partial charge in [-0.15, -0.1) is 0 Å². The lowest BCUT2D eigenvalue weighted by Gasteiger charge is -2.20. The molecular formula is C21H27N3O2. The fourth-order valence-corrected chi connectivity index (χ4v) is 4.47. The van der Waals surface area contributed by atoms with E-state index in [1.54, 1.807) is 0 Å². The van der Waals surface area contributed by atoms with Gasteiger partial charge in [-0.3, -0.25) is 4.79 Å². The number of fused-ring (bicyclic) bond motifs is 1. The summed E-state index contributed by atoms with van der Waals surface area (Å²) in [5.41, 5.74) is 0. The highest BCUT2D eigenvalue weighted by molar-refractivity contribution is 5.76. The van der Waals surface area contributed by atoms with Gasteiger partial charge in [-0.25, -0.2) is 4.98 Å². The standard InChI is InChI=1S/C21H27N3O2/c1-2-20-22-9-11-23(20)10-8-21(25)24-14-16-12-19(13-17(16)15-24)26-18-6-4-3-5-7-18/h3-7,9,11,16-17,19H,2,8,10,12-15H2,1H3/t16-,17+,19?. The van der Waals surface area contributed by atoms with Gasteiger partial charge in [0.1, 0.15) is 11.6 Å². The van der Waals surface area contributed by atoms with E-state index < -0.39 is 0 Å². The molecule has 3 atom stereocenters. The molecule has 26 heavy (non-hydrogen) atoms. The van der Waals surface area contributed by atoms with Crippen LogP contribution in [0.2, 0.25) is 0 Å². The Morgan fingerprint density at radius 2 is 1.92 bits per heavy atom. The van der Waals surface area contributed by atoms with Gasteiger partial charge in [0.15, 0.2) is 0 Å². The second-order valence-corrected chi connectivity index (χ2v) is 7.48. The van der Waals surface area contributed by atoms with Crippen LogP contribution in [0.25, 0.3) is 0 Å². The van der Waals surface area contributed by atoms with E-state index in [2.05, 4.69) is 21.4 Å². The molecule has 138 valence electrons.